The van der Waals surface area contributed by atoms with E-state index in [0.29, 0.717) is 6.61 Å². The zero-order valence-electron chi connectivity index (χ0n) is 5.54. The van der Waals surface area contributed by atoms with Crippen LogP contribution in [0.25, 0.3) is 0 Å². The SMILES string of the molecule is N=COCCc1cccs1. The molecule has 0 radical (unpaired) electrons. The fraction of sp³-hybridized carbons (Fsp3) is 0.286. The van der Waals surface area contributed by atoms with Crippen molar-refractivity contribution in [2.75, 3.05) is 6.61 Å². The van der Waals surface area contributed by atoms with E-state index in [1.807, 2.05) is 11.4 Å². The molecule has 0 spiro atoms. The van der Waals surface area contributed by atoms with Crippen molar-refractivity contribution >= 4 is 17.7 Å². The second-order valence-electron chi connectivity index (χ2n) is 1.82. The van der Waals surface area contributed by atoms with Crippen LogP contribution in [-0.2, 0) is 11.2 Å². The number of rotatable bonds is 4. The van der Waals surface area contributed by atoms with Crippen LogP contribution in [-0.4, -0.2) is 13.0 Å². The Hall–Kier alpha value is -0.830. The largest absolute Gasteiger partial charge is 0.483 e. The van der Waals surface area contributed by atoms with E-state index < -0.39 is 0 Å². The molecule has 1 heterocycles. The summed E-state index contributed by atoms with van der Waals surface area (Å²) in [6.07, 6.45) is 1.89. The summed E-state index contributed by atoms with van der Waals surface area (Å²) in [6, 6.07) is 4.09. The Morgan fingerprint density at radius 1 is 1.70 bits per heavy atom. The van der Waals surface area contributed by atoms with Gasteiger partial charge in [-0.05, 0) is 11.4 Å². The smallest absolute Gasteiger partial charge is 0.166 e. The van der Waals surface area contributed by atoms with Crippen LogP contribution in [0.4, 0.5) is 0 Å². The maximum Gasteiger partial charge on any atom is 0.166 e. The highest BCUT2D eigenvalue weighted by molar-refractivity contribution is 7.09. The minimum absolute atomic E-state index is 0.615. The molecule has 2 nitrogen and oxygen atoms in total. The van der Waals surface area contributed by atoms with Crippen molar-refractivity contribution < 1.29 is 4.74 Å². The number of thiophene rings is 1. The number of nitrogens with one attached hydrogen (secondary N) is 1. The van der Waals surface area contributed by atoms with Crippen LogP contribution in [0.1, 0.15) is 4.88 Å². The first kappa shape index (κ1) is 7.28. The van der Waals surface area contributed by atoms with Gasteiger partial charge >= 0.3 is 0 Å². The van der Waals surface area contributed by atoms with Crippen molar-refractivity contribution in [3.8, 4) is 0 Å². The molecule has 54 valence electrons. The van der Waals surface area contributed by atoms with Gasteiger partial charge in [0.1, 0.15) is 0 Å². The van der Waals surface area contributed by atoms with E-state index in [9.17, 15) is 0 Å². The summed E-state index contributed by atoms with van der Waals surface area (Å²) in [5.41, 5.74) is 0. The molecule has 0 aromatic carbocycles. The third kappa shape index (κ3) is 2.19. The van der Waals surface area contributed by atoms with Gasteiger partial charge in [0.15, 0.2) is 6.40 Å². The molecule has 1 aromatic heterocycles. The Kier molecular flexibility index (Phi) is 2.96. The molecule has 0 aliphatic carbocycles. The van der Waals surface area contributed by atoms with E-state index in [0.717, 1.165) is 12.8 Å². The number of hydrogen-bond acceptors (Lipinski definition) is 3. The molecule has 0 unspecified atom stereocenters. The second kappa shape index (κ2) is 4.06. The Balaban J connectivity index is 2.21. The fourth-order valence-corrected chi connectivity index (χ4v) is 1.36. The van der Waals surface area contributed by atoms with Crippen LogP contribution in [0.2, 0.25) is 0 Å². The molecule has 0 amide bonds. The first-order chi connectivity index (χ1) is 4.93. The Bertz CT molecular complexity index is 183. The summed E-state index contributed by atoms with van der Waals surface area (Å²) in [4.78, 5) is 1.31. The molecule has 10 heavy (non-hydrogen) atoms. The lowest BCUT2D eigenvalue weighted by Gasteiger charge is -1.94. The highest BCUT2D eigenvalue weighted by Crippen LogP contribution is 2.08. The van der Waals surface area contributed by atoms with E-state index in [2.05, 4.69) is 6.07 Å². The normalized spacial score (nSPS) is 9.20. The lowest BCUT2D eigenvalue weighted by atomic mass is 10.4. The molecule has 1 N–H and O–H groups in total. The monoisotopic (exact) mass is 155 g/mol. The standard InChI is InChI=1S/C7H9NOS/c8-6-9-4-3-7-2-1-5-10-7/h1-2,5-6,8H,3-4H2. The molecule has 1 rings (SSSR count). The molecule has 1 aromatic rings. The minimum atomic E-state index is 0.615. The van der Waals surface area contributed by atoms with E-state index in [4.69, 9.17) is 10.1 Å². The van der Waals surface area contributed by atoms with E-state index >= 15 is 0 Å². The van der Waals surface area contributed by atoms with Crippen LogP contribution in [0.3, 0.4) is 0 Å². The van der Waals surface area contributed by atoms with Gasteiger partial charge in [0.05, 0.1) is 6.61 Å². The van der Waals surface area contributed by atoms with Gasteiger partial charge in [0.25, 0.3) is 0 Å². The van der Waals surface area contributed by atoms with Gasteiger partial charge in [0.2, 0.25) is 0 Å². The molecule has 0 saturated carbocycles. The van der Waals surface area contributed by atoms with Gasteiger partial charge in [-0.3, -0.25) is 5.41 Å². The molecule has 3 heteroatoms. The van der Waals surface area contributed by atoms with Gasteiger partial charge < -0.3 is 4.74 Å². The van der Waals surface area contributed by atoms with E-state index in [1.54, 1.807) is 11.3 Å². The van der Waals surface area contributed by atoms with Crippen LogP contribution in [0.15, 0.2) is 17.5 Å². The molecular weight excluding hydrogens is 146 g/mol. The molecule has 0 atom stereocenters. The summed E-state index contributed by atoms with van der Waals surface area (Å²) in [5.74, 6) is 0. The maximum atomic E-state index is 6.59. The Labute approximate surface area is 64.0 Å². The lowest BCUT2D eigenvalue weighted by molar-refractivity contribution is 0.323. The number of hydrogen-bond donors (Lipinski definition) is 1. The van der Waals surface area contributed by atoms with Gasteiger partial charge in [-0.2, -0.15) is 0 Å². The van der Waals surface area contributed by atoms with Crippen molar-refractivity contribution in [3.63, 3.8) is 0 Å². The van der Waals surface area contributed by atoms with E-state index in [1.165, 1.54) is 4.88 Å². The Morgan fingerprint density at radius 3 is 3.20 bits per heavy atom. The van der Waals surface area contributed by atoms with Crippen molar-refractivity contribution in [2.24, 2.45) is 0 Å². The summed E-state index contributed by atoms with van der Waals surface area (Å²) in [6.45, 7) is 0.615. The predicted molar refractivity (Wildman–Crippen MR) is 42.8 cm³/mol. The van der Waals surface area contributed by atoms with Crippen LogP contribution >= 0.6 is 11.3 Å². The van der Waals surface area contributed by atoms with Gasteiger partial charge in [-0.1, -0.05) is 6.07 Å². The van der Waals surface area contributed by atoms with Crippen molar-refractivity contribution in [2.45, 2.75) is 6.42 Å². The average Bonchev–Trinajstić information content (AvgIpc) is 2.41. The van der Waals surface area contributed by atoms with Gasteiger partial charge in [0, 0.05) is 11.3 Å². The first-order valence-electron chi connectivity index (χ1n) is 3.06. The highest BCUT2D eigenvalue weighted by atomic mass is 32.1. The zero-order valence-corrected chi connectivity index (χ0v) is 6.36. The summed E-state index contributed by atoms with van der Waals surface area (Å²) >= 11 is 1.72. The molecule has 0 fully saturated rings. The summed E-state index contributed by atoms with van der Waals surface area (Å²) in [7, 11) is 0. The average molecular weight is 155 g/mol. The second-order valence-corrected chi connectivity index (χ2v) is 2.85. The molecule has 0 aliphatic rings. The maximum absolute atomic E-state index is 6.59. The number of ether oxygens (including phenoxy) is 1. The minimum Gasteiger partial charge on any atom is -0.483 e. The summed E-state index contributed by atoms with van der Waals surface area (Å²) < 4.78 is 4.76. The Morgan fingerprint density at radius 2 is 2.60 bits per heavy atom. The van der Waals surface area contributed by atoms with Crippen LogP contribution < -0.4 is 0 Å². The topological polar surface area (TPSA) is 33.1 Å². The van der Waals surface area contributed by atoms with E-state index in [-0.39, 0.29) is 0 Å². The fourth-order valence-electron chi connectivity index (χ4n) is 0.673. The molecular formula is C7H9NOS. The van der Waals surface area contributed by atoms with Crippen molar-refractivity contribution in [1.29, 1.82) is 5.41 Å². The predicted octanol–water partition coefficient (Wildman–Crippen LogP) is 1.91. The lowest BCUT2D eigenvalue weighted by Crippen LogP contribution is -1.93. The third-order valence-electron chi connectivity index (χ3n) is 1.13. The summed E-state index contributed by atoms with van der Waals surface area (Å²) in [5, 5.41) is 8.63. The first-order valence-corrected chi connectivity index (χ1v) is 3.94. The molecule has 0 saturated heterocycles. The van der Waals surface area contributed by atoms with Crippen LogP contribution in [0.5, 0.6) is 0 Å². The molecule has 0 aliphatic heterocycles. The molecule has 0 bridgehead atoms. The van der Waals surface area contributed by atoms with Gasteiger partial charge in [-0.15, -0.1) is 11.3 Å². The third-order valence-corrected chi connectivity index (χ3v) is 2.07. The highest BCUT2D eigenvalue weighted by Gasteiger charge is 1.90. The zero-order chi connectivity index (χ0) is 7.23. The van der Waals surface area contributed by atoms with Crippen molar-refractivity contribution in [1.82, 2.24) is 0 Å². The quantitative estimate of drug-likeness (QED) is 0.402. The van der Waals surface area contributed by atoms with Crippen LogP contribution in [0, 0.1) is 5.41 Å². The van der Waals surface area contributed by atoms with Gasteiger partial charge in [-0.25, -0.2) is 0 Å². The van der Waals surface area contributed by atoms with Crippen molar-refractivity contribution in [3.05, 3.63) is 22.4 Å².